The molecular weight excluding hydrogens is 356 g/mol. The highest BCUT2D eigenvalue weighted by molar-refractivity contribution is 9.10. The third kappa shape index (κ3) is 3.99. The summed E-state index contributed by atoms with van der Waals surface area (Å²) in [6.45, 7) is 0.442. The molecular formula is C12H12BrF2NO3S. The van der Waals surface area contributed by atoms with Crippen LogP contribution in [0.15, 0.2) is 22.7 Å². The predicted octanol–water partition coefficient (Wildman–Crippen LogP) is 2.24. The SMILES string of the molecule is O=C1CC(CS(=O)(=O)F)CN1Cc1ccc(F)c(Br)c1. The third-order valence-corrected chi connectivity index (χ3v) is 4.56. The second-order valence-electron chi connectivity index (χ2n) is 4.80. The van der Waals surface area contributed by atoms with E-state index in [0.29, 0.717) is 4.47 Å². The fraction of sp³-hybridized carbons (Fsp3) is 0.417. The minimum absolute atomic E-state index is 0.0194. The molecule has 110 valence electrons. The van der Waals surface area contributed by atoms with Gasteiger partial charge in [0.25, 0.3) is 0 Å². The van der Waals surface area contributed by atoms with Gasteiger partial charge in [-0.15, -0.1) is 3.89 Å². The minimum Gasteiger partial charge on any atom is -0.338 e. The van der Waals surface area contributed by atoms with Crippen molar-refractivity contribution in [2.75, 3.05) is 12.3 Å². The Hall–Kier alpha value is -1.02. The Morgan fingerprint density at radius 2 is 2.10 bits per heavy atom. The molecule has 1 aromatic carbocycles. The van der Waals surface area contributed by atoms with E-state index < -0.39 is 27.7 Å². The molecule has 1 amide bonds. The van der Waals surface area contributed by atoms with Crippen molar-refractivity contribution in [3.8, 4) is 0 Å². The van der Waals surface area contributed by atoms with Gasteiger partial charge in [0.15, 0.2) is 0 Å². The van der Waals surface area contributed by atoms with Gasteiger partial charge in [0, 0.05) is 25.4 Å². The van der Waals surface area contributed by atoms with E-state index in [1.807, 2.05) is 0 Å². The van der Waals surface area contributed by atoms with E-state index in [2.05, 4.69) is 15.9 Å². The van der Waals surface area contributed by atoms with Gasteiger partial charge in [-0.3, -0.25) is 4.79 Å². The summed E-state index contributed by atoms with van der Waals surface area (Å²) < 4.78 is 47.2. The molecule has 1 heterocycles. The zero-order valence-corrected chi connectivity index (χ0v) is 12.8. The van der Waals surface area contributed by atoms with Crippen LogP contribution in [0.1, 0.15) is 12.0 Å². The van der Waals surface area contributed by atoms with Gasteiger partial charge < -0.3 is 4.90 Å². The Kier molecular flexibility index (Phi) is 4.43. The molecule has 0 aromatic heterocycles. The molecule has 20 heavy (non-hydrogen) atoms. The Labute approximate surface area is 124 Å². The van der Waals surface area contributed by atoms with E-state index >= 15 is 0 Å². The lowest BCUT2D eigenvalue weighted by Gasteiger charge is -2.16. The van der Waals surface area contributed by atoms with Crippen molar-refractivity contribution in [2.45, 2.75) is 13.0 Å². The monoisotopic (exact) mass is 367 g/mol. The van der Waals surface area contributed by atoms with Gasteiger partial charge in [-0.2, -0.15) is 8.42 Å². The first kappa shape index (κ1) is 15.4. The average Bonchev–Trinajstić information content (AvgIpc) is 2.62. The lowest BCUT2D eigenvalue weighted by Crippen LogP contribution is -2.25. The van der Waals surface area contributed by atoms with Gasteiger partial charge in [0.05, 0.1) is 10.2 Å². The summed E-state index contributed by atoms with van der Waals surface area (Å²) in [5, 5.41) is 0. The summed E-state index contributed by atoms with van der Waals surface area (Å²) in [5.74, 6) is -1.79. The quantitative estimate of drug-likeness (QED) is 0.766. The smallest absolute Gasteiger partial charge is 0.302 e. The highest BCUT2D eigenvalue weighted by atomic mass is 79.9. The number of hydrogen-bond acceptors (Lipinski definition) is 3. The lowest BCUT2D eigenvalue weighted by atomic mass is 10.1. The molecule has 0 radical (unpaired) electrons. The van der Waals surface area contributed by atoms with Gasteiger partial charge >= 0.3 is 10.2 Å². The summed E-state index contributed by atoms with van der Waals surface area (Å²) in [5.41, 5.74) is 0.718. The fourth-order valence-electron chi connectivity index (χ4n) is 2.26. The molecule has 1 atom stereocenters. The van der Waals surface area contributed by atoms with Gasteiger partial charge in [0.1, 0.15) is 5.82 Å². The van der Waals surface area contributed by atoms with Crippen molar-refractivity contribution in [1.82, 2.24) is 4.90 Å². The van der Waals surface area contributed by atoms with Crippen LogP contribution in [0.4, 0.5) is 8.28 Å². The first-order chi connectivity index (χ1) is 9.24. The Balaban J connectivity index is 2.03. The topological polar surface area (TPSA) is 54.5 Å². The van der Waals surface area contributed by atoms with Gasteiger partial charge in [0.2, 0.25) is 5.91 Å². The number of rotatable bonds is 4. The number of benzene rings is 1. The van der Waals surface area contributed by atoms with Crippen LogP contribution in [0.2, 0.25) is 0 Å². The molecule has 2 rings (SSSR count). The summed E-state index contributed by atoms with van der Waals surface area (Å²) in [7, 11) is -4.58. The maximum absolute atomic E-state index is 13.1. The Bertz CT molecular complexity index is 636. The van der Waals surface area contributed by atoms with Crippen molar-refractivity contribution >= 4 is 32.1 Å². The molecule has 0 bridgehead atoms. The van der Waals surface area contributed by atoms with Crippen molar-refractivity contribution in [3.05, 3.63) is 34.1 Å². The number of nitrogens with zero attached hydrogens (tertiary/aromatic N) is 1. The second kappa shape index (κ2) is 5.77. The van der Waals surface area contributed by atoms with E-state index in [1.54, 1.807) is 12.1 Å². The Morgan fingerprint density at radius 3 is 2.70 bits per heavy atom. The van der Waals surface area contributed by atoms with Crippen LogP contribution in [-0.4, -0.2) is 31.5 Å². The van der Waals surface area contributed by atoms with Crippen molar-refractivity contribution in [1.29, 1.82) is 0 Å². The number of halogens is 3. The first-order valence-electron chi connectivity index (χ1n) is 5.88. The molecule has 1 aromatic rings. The van der Waals surface area contributed by atoms with Gasteiger partial charge in [-0.1, -0.05) is 6.07 Å². The minimum atomic E-state index is -4.58. The second-order valence-corrected chi connectivity index (χ2v) is 7.06. The van der Waals surface area contributed by atoms with Gasteiger partial charge in [-0.05, 0) is 33.6 Å². The van der Waals surface area contributed by atoms with Gasteiger partial charge in [-0.25, -0.2) is 4.39 Å². The molecule has 1 aliphatic heterocycles. The zero-order chi connectivity index (χ0) is 14.9. The number of carbonyl (C=O) groups excluding carboxylic acids is 1. The highest BCUT2D eigenvalue weighted by Gasteiger charge is 2.32. The maximum Gasteiger partial charge on any atom is 0.302 e. The molecule has 1 fully saturated rings. The van der Waals surface area contributed by atoms with E-state index in [1.165, 1.54) is 11.0 Å². The Morgan fingerprint density at radius 1 is 1.40 bits per heavy atom. The van der Waals surface area contributed by atoms with Crippen molar-refractivity contribution < 1.29 is 21.5 Å². The first-order valence-corrected chi connectivity index (χ1v) is 8.23. The predicted molar refractivity (Wildman–Crippen MR) is 72.5 cm³/mol. The summed E-state index contributed by atoms with van der Waals surface area (Å²) in [6, 6.07) is 4.39. The standard InChI is InChI=1S/C12H12BrF2NO3S/c13-10-3-8(1-2-11(10)14)5-16-6-9(4-12(16)17)7-20(15,18)19/h1-3,9H,4-7H2. The molecule has 1 unspecified atom stereocenters. The lowest BCUT2D eigenvalue weighted by molar-refractivity contribution is -0.128. The zero-order valence-electron chi connectivity index (χ0n) is 10.4. The van der Waals surface area contributed by atoms with E-state index in [4.69, 9.17) is 0 Å². The molecule has 1 saturated heterocycles. The fourth-order valence-corrected chi connectivity index (χ4v) is 3.47. The van der Waals surface area contributed by atoms with Crippen LogP contribution in [0.5, 0.6) is 0 Å². The molecule has 0 N–H and O–H groups in total. The maximum atomic E-state index is 13.1. The number of likely N-dealkylation sites (tertiary alicyclic amines) is 1. The van der Waals surface area contributed by atoms with Crippen LogP contribution in [0, 0.1) is 11.7 Å². The molecule has 4 nitrogen and oxygen atoms in total. The van der Waals surface area contributed by atoms with Crippen LogP contribution in [-0.2, 0) is 21.6 Å². The molecule has 0 spiro atoms. The summed E-state index contributed by atoms with van der Waals surface area (Å²) >= 11 is 3.05. The average molecular weight is 368 g/mol. The van der Waals surface area contributed by atoms with E-state index in [9.17, 15) is 21.5 Å². The number of amides is 1. The summed E-state index contributed by atoms with van der Waals surface area (Å²) in [6.07, 6.45) is 0.0194. The van der Waals surface area contributed by atoms with Crippen LogP contribution in [0.25, 0.3) is 0 Å². The molecule has 0 aliphatic carbocycles. The van der Waals surface area contributed by atoms with E-state index in [0.717, 1.165) is 5.56 Å². The normalized spacial score (nSPS) is 19.6. The highest BCUT2D eigenvalue weighted by Crippen LogP contribution is 2.24. The van der Waals surface area contributed by atoms with Crippen LogP contribution >= 0.6 is 15.9 Å². The van der Waals surface area contributed by atoms with Crippen LogP contribution in [0.3, 0.4) is 0 Å². The van der Waals surface area contributed by atoms with E-state index in [-0.39, 0.29) is 25.4 Å². The largest absolute Gasteiger partial charge is 0.338 e. The van der Waals surface area contributed by atoms with Crippen molar-refractivity contribution in [2.24, 2.45) is 5.92 Å². The van der Waals surface area contributed by atoms with Crippen molar-refractivity contribution in [3.63, 3.8) is 0 Å². The number of carbonyl (C=O) groups is 1. The molecule has 8 heteroatoms. The third-order valence-electron chi connectivity index (χ3n) is 3.09. The van der Waals surface area contributed by atoms with Crippen LogP contribution < -0.4 is 0 Å². The number of hydrogen-bond donors (Lipinski definition) is 0. The molecule has 0 saturated carbocycles. The molecule has 1 aliphatic rings. The summed E-state index contributed by atoms with van der Waals surface area (Å²) in [4.78, 5) is 13.2.